The molecule has 2 bridgehead atoms. The highest BCUT2D eigenvalue weighted by atomic mass is 32.2. The molecule has 1 N–H and O–H groups in total. The molecule has 4 atom stereocenters. The van der Waals surface area contributed by atoms with Gasteiger partial charge in [0, 0.05) is 38.4 Å². The van der Waals surface area contributed by atoms with Crippen molar-refractivity contribution in [1.82, 2.24) is 9.62 Å². The van der Waals surface area contributed by atoms with E-state index in [9.17, 15) is 8.42 Å². The largest absolute Gasteiger partial charge is 0.374 e. The van der Waals surface area contributed by atoms with Gasteiger partial charge in [0.2, 0.25) is 10.0 Å². The van der Waals surface area contributed by atoms with Gasteiger partial charge in [-0.3, -0.25) is 4.90 Å². The quantitative estimate of drug-likeness (QED) is 0.778. The first-order chi connectivity index (χ1) is 13.5. The topological polar surface area (TPSA) is 52.6 Å². The zero-order chi connectivity index (χ0) is 19.6. The van der Waals surface area contributed by atoms with Crippen molar-refractivity contribution < 1.29 is 8.42 Å². The minimum Gasteiger partial charge on any atom is -0.374 e. The highest BCUT2D eigenvalue weighted by molar-refractivity contribution is 7.89. The molecule has 5 nitrogen and oxygen atoms in total. The molecule has 28 heavy (non-hydrogen) atoms. The Morgan fingerprint density at radius 1 is 1.07 bits per heavy atom. The van der Waals surface area contributed by atoms with Gasteiger partial charge in [0.05, 0.1) is 4.90 Å². The molecule has 1 unspecified atom stereocenters. The summed E-state index contributed by atoms with van der Waals surface area (Å²) in [6.45, 7) is 3.68. The number of nitrogens with zero attached hydrogens (tertiary/aromatic N) is 2. The Morgan fingerprint density at radius 3 is 2.39 bits per heavy atom. The minimum atomic E-state index is -3.43. The van der Waals surface area contributed by atoms with Gasteiger partial charge in [-0.1, -0.05) is 36.4 Å². The van der Waals surface area contributed by atoms with Gasteiger partial charge in [-0.25, -0.2) is 13.1 Å². The number of benzene rings is 2. The first kappa shape index (κ1) is 19.4. The van der Waals surface area contributed by atoms with Crippen LogP contribution in [0.2, 0.25) is 0 Å². The van der Waals surface area contributed by atoms with Crippen LogP contribution in [0.5, 0.6) is 0 Å². The monoisotopic (exact) mass is 399 g/mol. The van der Waals surface area contributed by atoms with Crippen molar-refractivity contribution in [1.29, 1.82) is 0 Å². The first-order valence-electron chi connectivity index (χ1n) is 10.1. The standard InChI is InChI=1S/C22H29N3O2S/c1-24(20-8-4-2-5-9-20)16-19-17-25-13-12-18(19)14-21(25)15-23-28(26,27)22-10-6-3-7-11-22/h2-11,18-19,21,23H,12-17H2,1H3/t18-,19-,21+/m0/s1. The average Bonchev–Trinajstić information content (AvgIpc) is 2.74. The number of hydrogen-bond acceptors (Lipinski definition) is 4. The van der Waals surface area contributed by atoms with Crippen LogP contribution < -0.4 is 9.62 Å². The van der Waals surface area contributed by atoms with E-state index >= 15 is 0 Å². The molecule has 0 radical (unpaired) electrons. The third-order valence-electron chi connectivity index (χ3n) is 6.28. The van der Waals surface area contributed by atoms with Gasteiger partial charge in [0.15, 0.2) is 0 Å². The fraction of sp³-hybridized carbons (Fsp3) is 0.455. The molecule has 0 aliphatic carbocycles. The Bertz CT molecular complexity index is 873. The molecule has 0 saturated carbocycles. The maximum Gasteiger partial charge on any atom is 0.240 e. The zero-order valence-electron chi connectivity index (χ0n) is 16.4. The molecular formula is C22H29N3O2S. The van der Waals surface area contributed by atoms with Gasteiger partial charge in [-0.15, -0.1) is 0 Å². The van der Waals surface area contributed by atoms with Crippen molar-refractivity contribution in [3.05, 3.63) is 60.7 Å². The van der Waals surface area contributed by atoms with E-state index in [0.29, 0.717) is 29.3 Å². The number of sulfonamides is 1. The lowest BCUT2D eigenvalue weighted by Gasteiger charge is -2.50. The second-order valence-corrected chi connectivity index (χ2v) is 9.84. The van der Waals surface area contributed by atoms with Crippen molar-refractivity contribution in [2.75, 3.05) is 38.1 Å². The summed E-state index contributed by atoms with van der Waals surface area (Å²) in [5.41, 5.74) is 1.26. The zero-order valence-corrected chi connectivity index (χ0v) is 17.2. The van der Waals surface area contributed by atoms with Crippen molar-refractivity contribution in [2.45, 2.75) is 23.8 Å². The molecule has 3 saturated heterocycles. The summed E-state index contributed by atoms with van der Waals surface area (Å²) >= 11 is 0. The van der Waals surface area contributed by atoms with Crippen LogP contribution in [-0.2, 0) is 10.0 Å². The average molecular weight is 400 g/mol. The predicted molar refractivity (Wildman–Crippen MR) is 113 cm³/mol. The normalized spacial score (nSPS) is 26.9. The smallest absolute Gasteiger partial charge is 0.240 e. The molecule has 0 spiro atoms. The number of hydrogen-bond donors (Lipinski definition) is 1. The summed E-state index contributed by atoms with van der Waals surface area (Å²) in [6.07, 6.45) is 2.29. The van der Waals surface area contributed by atoms with E-state index in [1.807, 2.05) is 12.1 Å². The van der Waals surface area contributed by atoms with Crippen LogP contribution in [0.3, 0.4) is 0 Å². The Hall–Kier alpha value is -1.89. The van der Waals surface area contributed by atoms with Gasteiger partial charge < -0.3 is 4.90 Å². The summed E-state index contributed by atoms with van der Waals surface area (Å²) in [7, 11) is -1.26. The number of rotatable bonds is 7. The van der Waals surface area contributed by atoms with Gasteiger partial charge in [0.1, 0.15) is 0 Å². The summed E-state index contributed by atoms with van der Waals surface area (Å²) in [5, 5.41) is 0. The molecule has 3 fully saturated rings. The van der Waals surface area contributed by atoms with E-state index < -0.39 is 10.0 Å². The molecule has 150 valence electrons. The van der Waals surface area contributed by atoms with E-state index in [1.165, 1.54) is 12.1 Å². The van der Waals surface area contributed by atoms with E-state index in [1.54, 1.807) is 24.3 Å². The van der Waals surface area contributed by atoms with Crippen LogP contribution in [0, 0.1) is 11.8 Å². The summed E-state index contributed by atoms with van der Waals surface area (Å²) in [6, 6.07) is 19.5. The fourth-order valence-electron chi connectivity index (χ4n) is 4.70. The molecule has 6 heteroatoms. The van der Waals surface area contributed by atoms with E-state index in [4.69, 9.17) is 0 Å². The van der Waals surface area contributed by atoms with Crippen LogP contribution in [0.25, 0.3) is 0 Å². The third-order valence-corrected chi connectivity index (χ3v) is 7.72. The van der Waals surface area contributed by atoms with Crippen molar-refractivity contribution in [3.63, 3.8) is 0 Å². The molecule has 0 amide bonds. The van der Waals surface area contributed by atoms with E-state index in [2.05, 4.69) is 45.8 Å². The SMILES string of the molecule is CN(C[C@H]1CN2CC[C@H]1C[C@@H]2CNS(=O)(=O)c1ccccc1)c1ccccc1. The highest BCUT2D eigenvalue weighted by Gasteiger charge is 2.40. The molecule has 5 rings (SSSR count). The molecule has 2 aromatic carbocycles. The van der Waals surface area contributed by atoms with E-state index in [0.717, 1.165) is 26.1 Å². The van der Waals surface area contributed by atoms with Gasteiger partial charge in [-0.2, -0.15) is 0 Å². The van der Waals surface area contributed by atoms with Crippen LogP contribution in [0.1, 0.15) is 12.8 Å². The van der Waals surface area contributed by atoms with Crippen molar-refractivity contribution >= 4 is 15.7 Å². The van der Waals surface area contributed by atoms with Gasteiger partial charge in [-0.05, 0) is 55.5 Å². The van der Waals surface area contributed by atoms with Crippen molar-refractivity contribution in [3.8, 4) is 0 Å². The van der Waals surface area contributed by atoms with Crippen LogP contribution in [-0.4, -0.2) is 52.6 Å². The predicted octanol–water partition coefficient (Wildman–Crippen LogP) is 2.81. The Balaban J connectivity index is 1.34. The van der Waals surface area contributed by atoms with Crippen LogP contribution in [0.4, 0.5) is 5.69 Å². The summed E-state index contributed by atoms with van der Waals surface area (Å²) in [4.78, 5) is 5.17. The number of piperidine rings is 3. The number of para-hydroxylation sites is 1. The van der Waals surface area contributed by atoms with Crippen molar-refractivity contribution in [2.24, 2.45) is 11.8 Å². The molecule has 3 aliphatic heterocycles. The molecule has 3 aliphatic rings. The van der Waals surface area contributed by atoms with Gasteiger partial charge in [0.25, 0.3) is 0 Å². The Labute approximate surface area is 168 Å². The van der Waals surface area contributed by atoms with E-state index in [-0.39, 0.29) is 0 Å². The molecular weight excluding hydrogens is 370 g/mol. The first-order valence-corrected chi connectivity index (χ1v) is 11.6. The van der Waals surface area contributed by atoms with Crippen LogP contribution in [0.15, 0.2) is 65.6 Å². The number of anilines is 1. The summed E-state index contributed by atoms with van der Waals surface area (Å²) in [5.74, 6) is 1.31. The lowest BCUT2D eigenvalue weighted by molar-refractivity contribution is 0.00693. The highest BCUT2D eigenvalue weighted by Crippen LogP contribution is 2.37. The second-order valence-electron chi connectivity index (χ2n) is 8.07. The molecule has 3 heterocycles. The number of nitrogens with one attached hydrogen (secondary N) is 1. The third kappa shape index (κ3) is 4.24. The van der Waals surface area contributed by atoms with Crippen LogP contribution >= 0.6 is 0 Å². The lowest BCUT2D eigenvalue weighted by atomic mass is 9.75. The minimum absolute atomic E-state index is 0.301. The van der Waals surface area contributed by atoms with Gasteiger partial charge >= 0.3 is 0 Å². The summed E-state index contributed by atoms with van der Waals surface area (Å²) < 4.78 is 27.9. The second kappa shape index (κ2) is 8.23. The Morgan fingerprint density at radius 2 is 1.75 bits per heavy atom. The molecule has 2 aromatic rings. The lowest BCUT2D eigenvalue weighted by Crippen LogP contribution is -2.58. The number of fused-ring (bicyclic) bond motifs is 3. The maximum absolute atomic E-state index is 12.5. The Kier molecular flexibility index (Phi) is 5.71. The molecule has 0 aromatic heterocycles. The maximum atomic E-state index is 12.5. The fourth-order valence-corrected chi connectivity index (χ4v) is 5.79.